The number of aryl methyl sites for hydroxylation is 2. The van der Waals surface area contributed by atoms with Gasteiger partial charge in [0.15, 0.2) is 11.7 Å². The van der Waals surface area contributed by atoms with E-state index < -0.39 is 5.83 Å². The summed E-state index contributed by atoms with van der Waals surface area (Å²) in [6, 6.07) is 0.0997. The van der Waals surface area contributed by atoms with Crippen LogP contribution in [0.3, 0.4) is 0 Å². The SMILES string of the molecule is C=C(NC(=NC1CC2CCC1CC2)/C(F)=C(\C)c1cnsn1)c1c[nH]n(C)cc(Cl)nc1C. The predicted octanol–water partition coefficient (Wildman–Crippen LogP) is 5.62. The van der Waals surface area contributed by atoms with Gasteiger partial charge in [0.05, 0.1) is 30.2 Å². The monoisotopic (exact) mass is 489 g/mol. The van der Waals surface area contributed by atoms with Gasteiger partial charge in [0.25, 0.3) is 0 Å². The molecule has 176 valence electrons. The maximum Gasteiger partial charge on any atom is 0.170 e. The average Bonchev–Trinajstić information content (AvgIpc) is 3.32. The summed E-state index contributed by atoms with van der Waals surface area (Å²) in [5, 5.41) is 6.57. The number of aromatic amines is 1. The summed E-state index contributed by atoms with van der Waals surface area (Å²) >= 11 is 7.23. The molecule has 1 unspecified atom stereocenters. The molecule has 0 amide bonds. The molecule has 0 saturated heterocycles. The van der Waals surface area contributed by atoms with Gasteiger partial charge in [0.1, 0.15) is 10.8 Å². The number of halogens is 2. The van der Waals surface area contributed by atoms with Crippen molar-refractivity contribution in [3.8, 4) is 0 Å². The second-order valence-corrected chi connectivity index (χ2v) is 9.79. The Kier molecular flexibility index (Phi) is 7.29. The lowest BCUT2D eigenvalue weighted by Crippen LogP contribution is -2.36. The fraction of sp³-hybridized carbons (Fsp3) is 0.478. The van der Waals surface area contributed by atoms with E-state index in [0.29, 0.717) is 45.2 Å². The van der Waals surface area contributed by atoms with Gasteiger partial charge < -0.3 is 10.4 Å². The predicted molar refractivity (Wildman–Crippen MR) is 132 cm³/mol. The molecule has 33 heavy (non-hydrogen) atoms. The number of rotatable bonds is 5. The maximum absolute atomic E-state index is 15.8. The van der Waals surface area contributed by atoms with E-state index >= 15 is 4.39 Å². The topological polar surface area (TPSA) is 83.8 Å². The number of amidine groups is 1. The number of nitrogens with one attached hydrogen (secondary N) is 2. The number of allylic oxidation sites excluding steroid dienone is 1. The minimum Gasteiger partial charge on any atom is -0.338 e. The van der Waals surface area contributed by atoms with E-state index in [4.69, 9.17) is 16.6 Å². The van der Waals surface area contributed by atoms with Crippen molar-refractivity contribution in [2.45, 2.75) is 52.0 Å². The molecule has 2 aromatic rings. The Labute approximate surface area is 202 Å². The van der Waals surface area contributed by atoms with Crippen LogP contribution in [0.25, 0.3) is 11.3 Å². The molecule has 10 heteroatoms. The normalized spacial score (nSPS) is 23.2. The maximum atomic E-state index is 15.8. The molecule has 2 aromatic heterocycles. The first-order chi connectivity index (χ1) is 15.8. The van der Waals surface area contributed by atoms with Crippen LogP contribution in [0.1, 0.15) is 56.0 Å². The number of hydrogen-bond donors (Lipinski definition) is 2. The molecule has 3 saturated carbocycles. The van der Waals surface area contributed by atoms with Crippen LogP contribution in [0, 0.1) is 18.8 Å². The highest BCUT2D eigenvalue weighted by molar-refractivity contribution is 6.99. The zero-order valence-electron chi connectivity index (χ0n) is 19.1. The number of aromatic nitrogens is 5. The van der Waals surface area contributed by atoms with Gasteiger partial charge in [-0.1, -0.05) is 31.0 Å². The van der Waals surface area contributed by atoms with Crippen molar-refractivity contribution < 1.29 is 4.39 Å². The third-order valence-corrected chi connectivity index (χ3v) is 7.22. The first kappa shape index (κ1) is 23.6. The fourth-order valence-electron chi connectivity index (χ4n) is 4.66. The van der Waals surface area contributed by atoms with Crippen molar-refractivity contribution in [2.24, 2.45) is 23.9 Å². The summed E-state index contributed by atoms with van der Waals surface area (Å²) in [5.41, 5.74) is 2.69. The molecule has 3 aliphatic rings. The standard InChI is InChI=1S/C23H29ClFN7S/c1-13(20-11-27-33-31-20)22(25)23(30-19-9-16-5-7-17(19)8-6-16)29-15(3)18-10-26-32(4)12-21(24)28-14(18)2/h10-12,16-17,19,26H,3,5-9H2,1-2,4H3,(H,29,30)/b18-10?,21-12?,22-13-,28-14?. The minimum atomic E-state index is -0.450. The van der Waals surface area contributed by atoms with Gasteiger partial charge in [-0.2, -0.15) is 8.75 Å². The molecule has 1 atom stereocenters. The number of hydrogen-bond acceptors (Lipinski definition) is 5. The van der Waals surface area contributed by atoms with Crippen LogP contribution in [-0.2, 0) is 7.05 Å². The van der Waals surface area contributed by atoms with E-state index in [9.17, 15) is 0 Å². The highest BCUT2D eigenvalue weighted by atomic mass is 35.5. The lowest BCUT2D eigenvalue weighted by molar-refractivity contribution is 0.148. The van der Waals surface area contributed by atoms with Crippen LogP contribution in [-0.4, -0.2) is 35.4 Å². The molecule has 2 bridgehead atoms. The van der Waals surface area contributed by atoms with E-state index in [1.807, 2.05) is 14.0 Å². The van der Waals surface area contributed by atoms with E-state index in [1.165, 1.54) is 12.8 Å². The Bertz CT molecular complexity index is 1120. The van der Waals surface area contributed by atoms with Crippen LogP contribution in [0.2, 0.25) is 5.15 Å². The van der Waals surface area contributed by atoms with Crippen LogP contribution in [0.4, 0.5) is 4.39 Å². The number of fused-ring (bicyclic) bond motifs is 3. The summed E-state index contributed by atoms with van der Waals surface area (Å²) in [6.07, 6.45) is 10.8. The van der Waals surface area contributed by atoms with Gasteiger partial charge in [-0.05, 0) is 44.9 Å². The Morgan fingerprint density at radius 3 is 2.76 bits per heavy atom. The van der Waals surface area contributed by atoms with E-state index in [0.717, 1.165) is 31.0 Å². The van der Waals surface area contributed by atoms with Crippen molar-refractivity contribution >= 4 is 40.4 Å². The lowest BCUT2D eigenvalue weighted by Gasteiger charge is -2.40. The van der Waals surface area contributed by atoms with Crippen LogP contribution < -0.4 is 5.32 Å². The summed E-state index contributed by atoms with van der Waals surface area (Å²) in [6.45, 7) is 7.69. The van der Waals surface area contributed by atoms with E-state index in [1.54, 1.807) is 30.2 Å². The number of nitrogens with zero attached hydrogens (tertiary/aromatic N) is 5. The highest BCUT2D eigenvalue weighted by Gasteiger charge is 2.36. The minimum absolute atomic E-state index is 0.0997. The van der Waals surface area contributed by atoms with Gasteiger partial charge in [-0.15, -0.1) is 0 Å². The largest absolute Gasteiger partial charge is 0.338 e. The van der Waals surface area contributed by atoms with E-state index in [2.05, 4.69) is 30.7 Å². The van der Waals surface area contributed by atoms with Crippen molar-refractivity contribution in [1.82, 2.24) is 28.8 Å². The molecule has 7 nitrogen and oxygen atoms in total. The Balaban J connectivity index is 1.71. The van der Waals surface area contributed by atoms with Crippen molar-refractivity contribution in [1.29, 1.82) is 0 Å². The van der Waals surface area contributed by atoms with Crippen LogP contribution in [0.5, 0.6) is 0 Å². The second-order valence-electron chi connectivity index (χ2n) is 8.84. The zero-order chi connectivity index (χ0) is 23.5. The summed E-state index contributed by atoms with van der Waals surface area (Å²) in [4.78, 5) is 9.31. The Hall–Kier alpha value is -2.52. The first-order valence-electron chi connectivity index (χ1n) is 11.1. The average molecular weight is 490 g/mol. The van der Waals surface area contributed by atoms with Crippen LogP contribution >= 0.6 is 23.3 Å². The van der Waals surface area contributed by atoms with Crippen molar-refractivity contribution in [3.05, 3.63) is 53.1 Å². The first-order valence-corrected chi connectivity index (χ1v) is 12.2. The molecule has 5 rings (SSSR count). The highest BCUT2D eigenvalue weighted by Crippen LogP contribution is 2.43. The quantitative estimate of drug-likeness (QED) is 0.421. The number of aliphatic imine (C=N–C) groups is 1. The zero-order valence-corrected chi connectivity index (χ0v) is 20.7. The van der Waals surface area contributed by atoms with Gasteiger partial charge in [0.2, 0.25) is 0 Å². The summed E-state index contributed by atoms with van der Waals surface area (Å²) in [5.74, 6) is 0.904. The molecule has 3 fully saturated rings. The molecule has 3 aliphatic carbocycles. The van der Waals surface area contributed by atoms with Crippen molar-refractivity contribution in [2.75, 3.05) is 0 Å². The second kappa shape index (κ2) is 10.2. The van der Waals surface area contributed by atoms with Crippen LogP contribution in [0.15, 0.2) is 36.0 Å². The smallest absolute Gasteiger partial charge is 0.170 e. The molecular weight excluding hydrogens is 461 g/mol. The molecular formula is C23H29ClFN7S. The van der Waals surface area contributed by atoms with Gasteiger partial charge in [-0.25, -0.2) is 9.37 Å². The van der Waals surface area contributed by atoms with Crippen molar-refractivity contribution in [3.63, 3.8) is 0 Å². The molecule has 2 N–H and O–H groups in total. The van der Waals surface area contributed by atoms with Gasteiger partial charge in [0, 0.05) is 35.8 Å². The van der Waals surface area contributed by atoms with E-state index in [-0.39, 0.29) is 11.9 Å². The summed E-state index contributed by atoms with van der Waals surface area (Å²) < 4.78 is 25.7. The third-order valence-electron chi connectivity index (χ3n) is 6.56. The number of H-pyrrole nitrogens is 1. The Morgan fingerprint density at radius 1 is 1.36 bits per heavy atom. The molecule has 0 aliphatic heterocycles. The molecule has 0 radical (unpaired) electrons. The molecule has 0 aromatic carbocycles. The molecule has 0 spiro atoms. The third kappa shape index (κ3) is 5.52. The molecule has 2 heterocycles. The summed E-state index contributed by atoms with van der Waals surface area (Å²) in [7, 11) is 1.81. The Morgan fingerprint density at radius 2 is 2.12 bits per heavy atom. The van der Waals surface area contributed by atoms with Gasteiger partial charge >= 0.3 is 0 Å². The fourth-order valence-corrected chi connectivity index (χ4v) is 5.40. The van der Waals surface area contributed by atoms with Gasteiger partial charge in [-0.3, -0.25) is 9.67 Å². The lowest BCUT2D eigenvalue weighted by atomic mass is 9.68.